The second-order valence-corrected chi connectivity index (χ2v) is 5.20. The normalized spacial score (nSPS) is 10.1. The van der Waals surface area contributed by atoms with Crippen LogP contribution in [0, 0.1) is 32.1 Å². The lowest BCUT2D eigenvalue weighted by Crippen LogP contribution is -1.97. The van der Waals surface area contributed by atoms with Crippen LogP contribution in [0.15, 0.2) is 18.2 Å². The molecule has 1 heterocycles. The van der Waals surface area contributed by atoms with Gasteiger partial charge in [0, 0.05) is 0 Å². The molecule has 0 aliphatic rings. The molecule has 1 aromatic heterocycles. The molecule has 3 nitrogen and oxygen atoms in total. The summed E-state index contributed by atoms with van der Waals surface area (Å²) in [5.41, 5.74) is 3.13. The van der Waals surface area contributed by atoms with E-state index in [-0.39, 0.29) is 0 Å². The summed E-state index contributed by atoms with van der Waals surface area (Å²) in [6, 6.07) is 8.12. The predicted molar refractivity (Wildman–Crippen MR) is 71.8 cm³/mol. The van der Waals surface area contributed by atoms with Gasteiger partial charge in [-0.3, -0.25) is 0 Å². The zero-order chi connectivity index (χ0) is 13.1. The van der Waals surface area contributed by atoms with Crippen LogP contribution in [0.3, 0.4) is 0 Å². The lowest BCUT2D eigenvalue weighted by Gasteiger charge is -2.09. The standard InChI is InChI=1S/C14H14N2OS/c1-9-5-4-6-12(10(9)2)17-8-14-16-11(3)13(7-15)18-14/h4-6H,8H2,1-3H3. The van der Waals surface area contributed by atoms with Crippen molar-refractivity contribution in [1.82, 2.24) is 4.98 Å². The van der Waals surface area contributed by atoms with Crippen molar-refractivity contribution in [2.75, 3.05) is 0 Å². The third-order valence-electron chi connectivity index (χ3n) is 2.85. The monoisotopic (exact) mass is 258 g/mol. The minimum Gasteiger partial charge on any atom is -0.486 e. The fourth-order valence-electron chi connectivity index (χ4n) is 1.64. The SMILES string of the molecule is Cc1cccc(OCc2nc(C)c(C#N)s2)c1C. The van der Waals surface area contributed by atoms with Crippen molar-refractivity contribution in [1.29, 1.82) is 5.26 Å². The molecule has 2 aromatic rings. The molecule has 0 atom stereocenters. The summed E-state index contributed by atoms with van der Waals surface area (Å²) in [6.07, 6.45) is 0. The Bertz CT molecular complexity index is 611. The number of ether oxygens (including phenoxy) is 1. The molecule has 4 heteroatoms. The van der Waals surface area contributed by atoms with Gasteiger partial charge in [-0.2, -0.15) is 5.26 Å². The highest BCUT2D eigenvalue weighted by molar-refractivity contribution is 7.12. The van der Waals surface area contributed by atoms with Crippen LogP contribution in [0.5, 0.6) is 5.75 Å². The van der Waals surface area contributed by atoms with E-state index in [1.807, 2.05) is 26.0 Å². The number of nitriles is 1. The number of hydrogen-bond acceptors (Lipinski definition) is 4. The molecule has 0 N–H and O–H groups in total. The first kappa shape index (κ1) is 12.6. The molecule has 2 rings (SSSR count). The number of aryl methyl sites for hydroxylation is 2. The van der Waals surface area contributed by atoms with Gasteiger partial charge in [0.2, 0.25) is 0 Å². The van der Waals surface area contributed by atoms with Gasteiger partial charge in [-0.05, 0) is 38.0 Å². The van der Waals surface area contributed by atoms with Crippen molar-refractivity contribution in [3.05, 3.63) is 44.9 Å². The third kappa shape index (κ3) is 2.52. The summed E-state index contributed by atoms with van der Waals surface area (Å²) < 4.78 is 5.75. The smallest absolute Gasteiger partial charge is 0.140 e. The number of hydrogen-bond donors (Lipinski definition) is 0. The van der Waals surface area contributed by atoms with Crippen molar-refractivity contribution in [2.24, 2.45) is 0 Å². The van der Waals surface area contributed by atoms with Gasteiger partial charge < -0.3 is 4.74 Å². The maximum absolute atomic E-state index is 8.88. The lowest BCUT2D eigenvalue weighted by molar-refractivity contribution is 0.303. The fraction of sp³-hybridized carbons (Fsp3) is 0.286. The Kier molecular flexibility index (Phi) is 3.63. The first-order valence-corrected chi connectivity index (χ1v) is 6.49. The van der Waals surface area contributed by atoms with E-state index >= 15 is 0 Å². The number of rotatable bonds is 3. The minimum absolute atomic E-state index is 0.414. The molecule has 0 bridgehead atoms. The molecule has 0 aliphatic carbocycles. The van der Waals surface area contributed by atoms with Crippen LogP contribution >= 0.6 is 11.3 Å². The Labute approximate surface area is 111 Å². The molecule has 92 valence electrons. The van der Waals surface area contributed by atoms with E-state index in [0.29, 0.717) is 11.5 Å². The zero-order valence-electron chi connectivity index (χ0n) is 10.7. The summed E-state index contributed by atoms with van der Waals surface area (Å²) >= 11 is 1.39. The Morgan fingerprint density at radius 1 is 1.33 bits per heavy atom. The number of nitrogens with zero attached hydrogens (tertiary/aromatic N) is 2. The molecule has 0 saturated carbocycles. The van der Waals surface area contributed by atoms with Crippen LogP contribution < -0.4 is 4.74 Å². The van der Waals surface area contributed by atoms with Crippen LogP contribution in [0.1, 0.15) is 26.7 Å². The molecule has 0 fully saturated rings. The molecule has 18 heavy (non-hydrogen) atoms. The van der Waals surface area contributed by atoms with Crippen molar-refractivity contribution in [3.63, 3.8) is 0 Å². The van der Waals surface area contributed by atoms with Crippen molar-refractivity contribution in [3.8, 4) is 11.8 Å². The van der Waals surface area contributed by atoms with Gasteiger partial charge in [-0.25, -0.2) is 4.98 Å². The van der Waals surface area contributed by atoms with Crippen LogP contribution in [0.4, 0.5) is 0 Å². The molecule has 0 amide bonds. The second-order valence-electron chi connectivity index (χ2n) is 4.12. The van der Waals surface area contributed by atoms with Crippen LogP contribution in [-0.2, 0) is 6.61 Å². The van der Waals surface area contributed by atoms with Gasteiger partial charge in [-0.1, -0.05) is 12.1 Å². The Morgan fingerprint density at radius 2 is 2.11 bits per heavy atom. The number of benzene rings is 1. The van der Waals surface area contributed by atoms with Crippen molar-refractivity contribution in [2.45, 2.75) is 27.4 Å². The van der Waals surface area contributed by atoms with E-state index in [0.717, 1.165) is 22.0 Å². The maximum atomic E-state index is 8.88. The summed E-state index contributed by atoms with van der Waals surface area (Å²) in [6.45, 7) is 6.36. The fourth-order valence-corrected chi connectivity index (χ4v) is 2.41. The predicted octanol–water partition coefficient (Wildman–Crippen LogP) is 3.52. The summed E-state index contributed by atoms with van der Waals surface area (Å²) in [7, 11) is 0. The number of thiazole rings is 1. The quantitative estimate of drug-likeness (QED) is 0.846. The largest absolute Gasteiger partial charge is 0.486 e. The summed E-state index contributed by atoms with van der Waals surface area (Å²) in [5.74, 6) is 0.876. The van der Waals surface area contributed by atoms with E-state index in [1.165, 1.54) is 16.9 Å². The van der Waals surface area contributed by atoms with E-state index in [9.17, 15) is 0 Å². The molecular formula is C14H14N2OS. The van der Waals surface area contributed by atoms with E-state index in [1.54, 1.807) is 0 Å². The van der Waals surface area contributed by atoms with E-state index in [2.05, 4.69) is 24.0 Å². The molecule has 1 aromatic carbocycles. The van der Waals surface area contributed by atoms with Crippen molar-refractivity contribution < 1.29 is 4.74 Å². The summed E-state index contributed by atoms with van der Waals surface area (Å²) in [5, 5.41) is 9.72. The van der Waals surface area contributed by atoms with Gasteiger partial charge in [0.15, 0.2) is 0 Å². The van der Waals surface area contributed by atoms with Crippen LogP contribution in [0.25, 0.3) is 0 Å². The minimum atomic E-state index is 0.414. The van der Waals surface area contributed by atoms with Crippen LogP contribution in [0.2, 0.25) is 0 Å². The lowest BCUT2D eigenvalue weighted by atomic mass is 10.1. The molecule has 0 spiro atoms. The van der Waals surface area contributed by atoms with Crippen LogP contribution in [-0.4, -0.2) is 4.98 Å². The highest BCUT2D eigenvalue weighted by Gasteiger charge is 2.08. The first-order valence-electron chi connectivity index (χ1n) is 5.67. The second kappa shape index (κ2) is 5.19. The first-order chi connectivity index (χ1) is 8.61. The molecule has 0 saturated heterocycles. The third-order valence-corrected chi connectivity index (χ3v) is 3.88. The van der Waals surface area contributed by atoms with E-state index < -0.39 is 0 Å². The molecule has 0 aliphatic heterocycles. The Morgan fingerprint density at radius 3 is 2.78 bits per heavy atom. The van der Waals surface area contributed by atoms with Gasteiger partial charge in [0.05, 0.1) is 5.69 Å². The van der Waals surface area contributed by atoms with Gasteiger partial charge >= 0.3 is 0 Å². The van der Waals surface area contributed by atoms with E-state index in [4.69, 9.17) is 10.00 Å². The average Bonchev–Trinajstić information content (AvgIpc) is 2.72. The van der Waals surface area contributed by atoms with Crippen molar-refractivity contribution >= 4 is 11.3 Å². The maximum Gasteiger partial charge on any atom is 0.140 e. The summed E-state index contributed by atoms with van der Waals surface area (Å²) in [4.78, 5) is 4.98. The van der Waals surface area contributed by atoms with Gasteiger partial charge in [0.1, 0.15) is 28.3 Å². The molecular weight excluding hydrogens is 244 g/mol. The highest BCUT2D eigenvalue weighted by Crippen LogP contribution is 2.23. The van der Waals surface area contributed by atoms with Gasteiger partial charge in [0.25, 0.3) is 0 Å². The highest BCUT2D eigenvalue weighted by atomic mass is 32.1. The Balaban J connectivity index is 2.12. The topological polar surface area (TPSA) is 45.9 Å². The zero-order valence-corrected chi connectivity index (χ0v) is 11.5. The van der Waals surface area contributed by atoms with Gasteiger partial charge in [-0.15, -0.1) is 11.3 Å². The molecule has 0 unspecified atom stereocenters. The molecule has 0 radical (unpaired) electrons. The number of aromatic nitrogens is 1. The average molecular weight is 258 g/mol. The Hall–Kier alpha value is -1.86.